The van der Waals surface area contributed by atoms with Gasteiger partial charge in [-0.05, 0) is 19.4 Å². The van der Waals surface area contributed by atoms with Gasteiger partial charge < -0.3 is 11.1 Å². The standard InChI is InChI=1S/C15H17N5O4/c1-9-14(20(23)24)10(2)19(18-9)8-12(21)17-13(15(16)22)11-6-4-3-5-7-11/h3-7,13H,8H2,1-2H3,(H2,16,22)(H,17,21). The molecule has 1 aromatic heterocycles. The lowest BCUT2D eigenvalue weighted by molar-refractivity contribution is -0.386. The molecule has 0 aliphatic rings. The number of nitro groups is 1. The van der Waals surface area contributed by atoms with Crippen molar-refractivity contribution in [1.29, 1.82) is 0 Å². The zero-order valence-corrected chi connectivity index (χ0v) is 13.2. The molecule has 0 spiro atoms. The average molecular weight is 331 g/mol. The monoisotopic (exact) mass is 331 g/mol. The largest absolute Gasteiger partial charge is 0.368 e. The summed E-state index contributed by atoms with van der Waals surface area (Å²) in [7, 11) is 0. The molecule has 0 saturated heterocycles. The van der Waals surface area contributed by atoms with Crippen LogP contribution in [-0.2, 0) is 16.1 Å². The second-order valence-electron chi connectivity index (χ2n) is 5.25. The van der Waals surface area contributed by atoms with Crippen molar-refractivity contribution in [2.24, 2.45) is 5.73 Å². The number of benzene rings is 1. The van der Waals surface area contributed by atoms with E-state index in [4.69, 9.17) is 5.73 Å². The first-order chi connectivity index (χ1) is 11.3. The van der Waals surface area contributed by atoms with Gasteiger partial charge in [0.25, 0.3) is 0 Å². The summed E-state index contributed by atoms with van der Waals surface area (Å²) in [4.78, 5) is 34.2. The van der Waals surface area contributed by atoms with Gasteiger partial charge in [0.2, 0.25) is 11.8 Å². The number of carbonyl (C=O) groups excluding carboxylic acids is 2. The highest BCUT2D eigenvalue weighted by molar-refractivity contribution is 5.87. The number of rotatable bonds is 6. The summed E-state index contributed by atoms with van der Waals surface area (Å²) < 4.78 is 1.23. The summed E-state index contributed by atoms with van der Waals surface area (Å²) in [6, 6.07) is 7.58. The molecule has 1 heterocycles. The molecule has 0 radical (unpaired) electrons. The van der Waals surface area contributed by atoms with Gasteiger partial charge in [-0.25, -0.2) is 0 Å². The van der Waals surface area contributed by atoms with Gasteiger partial charge in [0, 0.05) is 0 Å². The number of nitrogens with zero attached hydrogens (tertiary/aromatic N) is 3. The molecular weight excluding hydrogens is 314 g/mol. The van der Waals surface area contributed by atoms with Crippen LogP contribution >= 0.6 is 0 Å². The number of hydrogen-bond acceptors (Lipinski definition) is 5. The van der Waals surface area contributed by atoms with Crippen LogP contribution in [0.2, 0.25) is 0 Å². The van der Waals surface area contributed by atoms with Crippen molar-refractivity contribution < 1.29 is 14.5 Å². The minimum atomic E-state index is -0.981. The lowest BCUT2D eigenvalue weighted by Crippen LogP contribution is -2.39. The first kappa shape index (κ1) is 17.1. The Hall–Kier alpha value is -3.23. The van der Waals surface area contributed by atoms with Crippen molar-refractivity contribution in [2.75, 3.05) is 0 Å². The Bertz CT molecular complexity index is 785. The quantitative estimate of drug-likeness (QED) is 0.595. The van der Waals surface area contributed by atoms with Crippen molar-refractivity contribution in [1.82, 2.24) is 15.1 Å². The number of hydrogen-bond donors (Lipinski definition) is 2. The molecule has 2 aromatic rings. The van der Waals surface area contributed by atoms with Gasteiger partial charge in [0.15, 0.2) is 0 Å². The first-order valence-corrected chi connectivity index (χ1v) is 7.13. The van der Waals surface area contributed by atoms with Crippen LogP contribution in [0.4, 0.5) is 5.69 Å². The predicted octanol–water partition coefficient (Wildman–Crippen LogP) is 0.751. The predicted molar refractivity (Wildman–Crippen MR) is 84.9 cm³/mol. The fourth-order valence-corrected chi connectivity index (χ4v) is 2.41. The molecule has 0 bridgehead atoms. The number of nitrogens with two attached hydrogens (primary N) is 1. The molecule has 0 fully saturated rings. The molecule has 24 heavy (non-hydrogen) atoms. The molecule has 2 amide bonds. The van der Waals surface area contributed by atoms with E-state index >= 15 is 0 Å². The van der Waals surface area contributed by atoms with Crippen molar-refractivity contribution in [3.63, 3.8) is 0 Å². The molecule has 0 aliphatic heterocycles. The molecule has 1 aromatic carbocycles. The Balaban J connectivity index is 2.17. The van der Waals surface area contributed by atoms with E-state index in [0.29, 0.717) is 5.56 Å². The van der Waals surface area contributed by atoms with E-state index in [-0.39, 0.29) is 23.6 Å². The van der Waals surface area contributed by atoms with Crippen LogP contribution in [0.1, 0.15) is 23.0 Å². The van der Waals surface area contributed by atoms with Gasteiger partial charge in [-0.15, -0.1) is 0 Å². The number of primary amides is 1. The molecule has 3 N–H and O–H groups in total. The molecule has 126 valence electrons. The minimum absolute atomic E-state index is 0.127. The van der Waals surface area contributed by atoms with Crippen molar-refractivity contribution >= 4 is 17.5 Å². The highest BCUT2D eigenvalue weighted by Crippen LogP contribution is 2.21. The molecular formula is C15H17N5O4. The maximum Gasteiger partial charge on any atom is 0.312 e. The Morgan fingerprint density at radius 2 is 1.96 bits per heavy atom. The smallest absolute Gasteiger partial charge is 0.312 e. The number of nitrogens with one attached hydrogen (secondary N) is 1. The highest BCUT2D eigenvalue weighted by Gasteiger charge is 2.24. The van der Waals surface area contributed by atoms with Crippen LogP contribution in [0.25, 0.3) is 0 Å². The van der Waals surface area contributed by atoms with Crippen LogP contribution in [0.5, 0.6) is 0 Å². The lowest BCUT2D eigenvalue weighted by atomic mass is 10.1. The lowest BCUT2D eigenvalue weighted by Gasteiger charge is -2.16. The molecule has 2 rings (SSSR count). The Morgan fingerprint density at radius 1 is 1.33 bits per heavy atom. The molecule has 1 atom stereocenters. The number of amides is 2. The van der Waals surface area contributed by atoms with Crippen LogP contribution in [0.3, 0.4) is 0 Å². The van der Waals surface area contributed by atoms with Gasteiger partial charge in [0.05, 0.1) is 4.92 Å². The highest BCUT2D eigenvalue weighted by atomic mass is 16.6. The van der Waals surface area contributed by atoms with E-state index in [1.165, 1.54) is 18.5 Å². The van der Waals surface area contributed by atoms with E-state index in [9.17, 15) is 19.7 Å². The fraction of sp³-hybridized carbons (Fsp3) is 0.267. The van der Waals surface area contributed by atoms with Crippen LogP contribution in [0.15, 0.2) is 30.3 Å². The van der Waals surface area contributed by atoms with E-state index in [1.54, 1.807) is 30.3 Å². The van der Waals surface area contributed by atoms with E-state index in [1.807, 2.05) is 0 Å². The molecule has 0 saturated carbocycles. The van der Waals surface area contributed by atoms with Crippen LogP contribution in [-0.4, -0.2) is 26.5 Å². The van der Waals surface area contributed by atoms with Gasteiger partial charge in [0.1, 0.15) is 24.0 Å². The SMILES string of the molecule is Cc1nn(CC(=O)NC(C(N)=O)c2ccccc2)c(C)c1[N+](=O)[O-]. The number of aryl methyl sites for hydroxylation is 1. The summed E-state index contributed by atoms with van der Waals surface area (Å²) in [5.74, 6) is -1.22. The van der Waals surface area contributed by atoms with Crippen molar-refractivity contribution in [2.45, 2.75) is 26.4 Å². The number of carbonyl (C=O) groups is 2. The Labute approximate surface area is 137 Å². The van der Waals surface area contributed by atoms with E-state index < -0.39 is 22.8 Å². The second kappa shape index (κ2) is 6.90. The van der Waals surface area contributed by atoms with E-state index in [0.717, 1.165) is 0 Å². The third-order valence-corrected chi connectivity index (χ3v) is 3.54. The maximum atomic E-state index is 12.2. The Morgan fingerprint density at radius 3 is 2.46 bits per heavy atom. The number of aromatic nitrogens is 2. The summed E-state index contributed by atoms with van der Waals surface area (Å²) in [5.41, 5.74) is 6.26. The summed E-state index contributed by atoms with van der Waals surface area (Å²) in [6.07, 6.45) is 0. The van der Waals surface area contributed by atoms with Gasteiger partial charge in [-0.2, -0.15) is 5.10 Å². The third-order valence-electron chi connectivity index (χ3n) is 3.54. The second-order valence-corrected chi connectivity index (χ2v) is 5.25. The van der Waals surface area contributed by atoms with Gasteiger partial charge in [-0.1, -0.05) is 30.3 Å². The molecule has 9 nitrogen and oxygen atoms in total. The van der Waals surface area contributed by atoms with Gasteiger partial charge >= 0.3 is 5.69 Å². The molecule has 9 heteroatoms. The minimum Gasteiger partial charge on any atom is -0.368 e. The van der Waals surface area contributed by atoms with Gasteiger partial charge in [-0.3, -0.25) is 24.4 Å². The summed E-state index contributed by atoms with van der Waals surface area (Å²) in [5, 5.41) is 17.5. The van der Waals surface area contributed by atoms with E-state index in [2.05, 4.69) is 10.4 Å². The zero-order chi connectivity index (χ0) is 17.9. The maximum absolute atomic E-state index is 12.2. The normalized spacial score (nSPS) is 11.8. The van der Waals surface area contributed by atoms with Crippen molar-refractivity contribution in [3.05, 3.63) is 57.4 Å². The topological polar surface area (TPSA) is 133 Å². The average Bonchev–Trinajstić information content (AvgIpc) is 2.79. The first-order valence-electron chi connectivity index (χ1n) is 7.13. The fourth-order valence-electron chi connectivity index (χ4n) is 2.41. The van der Waals surface area contributed by atoms with Crippen LogP contribution in [0, 0.1) is 24.0 Å². The summed E-state index contributed by atoms with van der Waals surface area (Å²) >= 11 is 0. The zero-order valence-electron chi connectivity index (χ0n) is 13.2. The van der Waals surface area contributed by atoms with Crippen molar-refractivity contribution in [3.8, 4) is 0 Å². The molecule has 1 unspecified atom stereocenters. The summed E-state index contributed by atoms with van der Waals surface area (Å²) in [6.45, 7) is 2.75. The Kier molecular flexibility index (Phi) is 4.93. The van der Waals surface area contributed by atoms with Crippen LogP contribution < -0.4 is 11.1 Å². The molecule has 0 aliphatic carbocycles. The third kappa shape index (κ3) is 3.57.